The first-order valence-corrected chi connectivity index (χ1v) is 5.79. The number of rotatable bonds is 6. The largest absolute Gasteiger partial charge is 0.491 e. The maximum absolute atomic E-state index is 9.44. The molecule has 0 saturated heterocycles. The Bertz CT molecular complexity index is 331. The highest BCUT2D eigenvalue weighted by atomic mass is 35.5. The monoisotopic (exact) mass is 243 g/mol. The van der Waals surface area contributed by atoms with Crippen LogP contribution in [0.25, 0.3) is 0 Å². The lowest BCUT2D eigenvalue weighted by molar-refractivity contribution is 0.104. The normalized spacial score (nSPS) is 12.5. The summed E-state index contributed by atoms with van der Waals surface area (Å²) >= 11 is 6.07. The molecule has 1 aromatic rings. The highest BCUT2D eigenvalue weighted by Crippen LogP contribution is 2.26. The maximum Gasteiger partial charge on any atom is 0.125 e. The summed E-state index contributed by atoms with van der Waals surface area (Å²) in [5.41, 5.74) is 0.926. The Morgan fingerprint density at radius 1 is 1.50 bits per heavy atom. The third-order valence-corrected chi connectivity index (χ3v) is 2.69. The minimum absolute atomic E-state index is 0.299. The van der Waals surface area contributed by atoms with Gasteiger partial charge < -0.3 is 15.2 Å². The van der Waals surface area contributed by atoms with Crippen LogP contribution in [-0.2, 0) is 6.54 Å². The summed E-state index contributed by atoms with van der Waals surface area (Å²) in [6, 6.07) is 5.54. The van der Waals surface area contributed by atoms with Crippen molar-refractivity contribution in [2.45, 2.75) is 26.0 Å². The summed E-state index contributed by atoms with van der Waals surface area (Å²) in [5.74, 6) is 0.731. The van der Waals surface area contributed by atoms with Gasteiger partial charge in [0.05, 0.1) is 6.10 Å². The van der Waals surface area contributed by atoms with E-state index in [9.17, 15) is 5.11 Å². The number of aliphatic hydroxyl groups is 1. The Hall–Kier alpha value is -0.770. The Labute approximate surface area is 101 Å². The van der Waals surface area contributed by atoms with Crippen LogP contribution in [0, 0.1) is 0 Å². The molecule has 1 aromatic carbocycles. The van der Waals surface area contributed by atoms with E-state index in [1.54, 1.807) is 0 Å². The number of ether oxygens (including phenoxy) is 1. The molecule has 0 aliphatic carbocycles. The predicted octanol–water partition coefficient (Wildman–Crippen LogP) is 2.21. The lowest BCUT2D eigenvalue weighted by Crippen LogP contribution is -2.17. The van der Waals surface area contributed by atoms with E-state index in [1.807, 2.05) is 32.2 Å². The molecular weight excluding hydrogens is 226 g/mol. The van der Waals surface area contributed by atoms with Gasteiger partial charge in [-0.15, -0.1) is 0 Å². The summed E-state index contributed by atoms with van der Waals surface area (Å²) in [6.45, 7) is 2.87. The molecule has 0 heterocycles. The Morgan fingerprint density at radius 2 is 2.25 bits per heavy atom. The number of aliphatic hydroxyl groups excluding tert-OH is 1. The molecule has 90 valence electrons. The second-order valence-electron chi connectivity index (χ2n) is 3.62. The van der Waals surface area contributed by atoms with E-state index < -0.39 is 6.10 Å². The van der Waals surface area contributed by atoms with Gasteiger partial charge in [0.2, 0.25) is 0 Å². The van der Waals surface area contributed by atoms with E-state index in [4.69, 9.17) is 16.3 Å². The SMILES string of the molecule is CCC(O)COc1cccc(Cl)c1CNC. The van der Waals surface area contributed by atoms with Crippen LogP contribution in [0.5, 0.6) is 5.75 Å². The standard InChI is InChI=1S/C12H18ClNO2/c1-3-9(15)8-16-12-6-4-5-11(13)10(12)7-14-2/h4-6,9,14-15H,3,7-8H2,1-2H3. The average Bonchev–Trinajstić information content (AvgIpc) is 2.29. The van der Waals surface area contributed by atoms with Crippen molar-refractivity contribution in [3.8, 4) is 5.75 Å². The van der Waals surface area contributed by atoms with E-state index in [0.717, 1.165) is 11.3 Å². The molecule has 4 heteroatoms. The van der Waals surface area contributed by atoms with Gasteiger partial charge in [-0.05, 0) is 25.6 Å². The molecule has 3 nitrogen and oxygen atoms in total. The van der Waals surface area contributed by atoms with Crippen LogP contribution < -0.4 is 10.1 Å². The zero-order valence-corrected chi connectivity index (χ0v) is 10.4. The first kappa shape index (κ1) is 13.3. The van der Waals surface area contributed by atoms with Crippen LogP contribution in [0.1, 0.15) is 18.9 Å². The lowest BCUT2D eigenvalue weighted by atomic mass is 10.2. The molecule has 0 saturated carbocycles. The van der Waals surface area contributed by atoms with Gasteiger partial charge in [0.1, 0.15) is 12.4 Å². The van der Waals surface area contributed by atoms with Crippen LogP contribution in [0.4, 0.5) is 0 Å². The van der Waals surface area contributed by atoms with Crippen molar-refractivity contribution >= 4 is 11.6 Å². The first-order valence-electron chi connectivity index (χ1n) is 5.41. The van der Waals surface area contributed by atoms with Gasteiger partial charge in [-0.2, -0.15) is 0 Å². The molecule has 0 radical (unpaired) electrons. The molecule has 0 amide bonds. The summed E-state index contributed by atoms with van der Waals surface area (Å²) < 4.78 is 5.55. The molecule has 0 spiro atoms. The molecule has 16 heavy (non-hydrogen) atoms. The van der Waals surface area contributed by atoms with Crippen molar-refractivity contribution in [3.63, 3.8) is 0 Å². The van der Waals surface area contributed by atoms with Gasteiger partial charge >= 0.3 is 0 Å². The fraction of sp³-hybridized carbons (Fsp3) is 0.500. The van der Waals surface area contributed by atoms with Gasteiger partial charge in [-0.1, -0.05) is 24.6 Å². The second-order valence-corrected chi connectivity index (χ2v) is 4.03. The number of hydrogen-bond donors (Lipinski definition) is 2. The molecule has 0 aliphatic rings. The quantitative estimate of drug-likeness (QED) is 0.805. The van der Waals surface area contributed by atoms with Crippen LogP contribution in [0.3, 0.4) is 0 Å². The van der Waals surface area contributed by atoms with Crippen molar-refractivity contribution in [2.75, 3.05) is 13.7 Å². The Kier molecular flexibility index (Phi) is 5.60. The van der Waals surface area contributed by atoms with Gasteiger partial charge in [0, 0.05) is 17.1 Å². The van der Waals surface area contributed by atoms with E-state index in [1.165, 1.54) is 0 Å². The van der Waals surface area contributed by atoms with Crippen molar-refractivity contribution < 1.29 is 9.84 Å². The molecule has 1 unspecified atom stereocenters. The summed E-state index contributed by atoms with van der Waals surface area (Å²) in [5, 5.41) is 13.2. The first-order chi connectivity index (χ1) is 7.69. The minimum atomic E-state index is -0.429. The number of benzene rings is 1. The minimum Gasteiger partial charge on any atom is -0.491 e. The maximum atomic E-state index is 9.44. The van der Waals surface area contributed by atoms with Crippen LogP contribution in [0.15, 0.2) is 18.2 Å². The van der Waals surface area contributed by atoms with Gasteiger partial charge in [0.15, 0.2) is 0 Å². The van der Waals surface area contributed by atoms with Crippen molar-refractivity contribution in [2.24, 2.45) is 0 Å². The van der Waals surface area contributed by atoms with Crippen molar-refractivity contribution in [1.82, 2.24) is 5.32 Å². The van der Waals surface area contributed by atoms with Crippen LogP contribution >= 0.6 is 11.6 Å². The fourth-order valence-electron chi connectivity index (χ4n) is 1.33. The molecule has 0 bridgehead atoms. The zero-order chi connectivity index (χ0) is 12.0. The van der Waals surface area contributed by atoms with Gasteiger partial charge in [-0.3, -0.25) is 0 Å². The van der Waals surface area contributed by atoms with Crippen molar-refractivity contribution in [1.29, 1.82) is 0 Å². The molecule has 2 N–H and O–H groups in total. The molecule has 0 fully saturated rings. The molecular formula is C12H18ClNO2. The zero-order valence-electron chi connectivity index (χ0n) is 9.66. The van der Waals surface area contributed by atoms with Crippen LogP contribution in [0.2, 0.25) is 5.02 Å². The molecule has 0 aliphatic heterocycles. The highest BCUT2D eigenvalue weighted by Gasteiger charge is 2.09. The number of halogens is 1. The lowest BCUT2D eigenvalue weighted by Gasteiger charge is -2.14. The number of hydrogen-bond acceptors (Lipinski definition) is 3. The second kappa shape index (κ2) is 6.74. The predicted molar refractivity (Wildman–Crippen MR) is 66.0 cm³/mol. The van der Waals surface area contributed by atoms with E-state index in [-0.39, 0.29) is 0 Å². The molecule has 1 rings (SSSR count). The number of nitrogens with one attached hydrogen (secondary N) is 1. The van der Waals surface area contributed by atoms with E-state index in [0.29, 0.717) is 24.6 Å². The fourth-order valence-corrected chi connectivity index (χ4v) is 1.56. The topological polar surface area (TPSA) is 41.5 Å². The van der Waals surface area contributed by atoms with E-state index >= 15 is 0 Å². The van der Waals surface area contributed by atoms with Gasteiger partial charge in [-0.25, -0.2) is 0 Å². The summed E-state index contributed by atoms with van der Waals surface area (Å²) in [4.78, 5) is 0. The van der Waals surface area contributed by atoms with Gasteiger partial charge in [0.25, 0.3) is 0 Å². The molecule has 1 atom stereocenters. The van der Waals surface area contributed by atoms with Crippen molar-refractivity contribution in [3.05, 3.63) is 28.8 Å². The smallest absolute Gasteiger partial charge is 0.125 e. The van der Waals surface area contributed by atoms with E-state index in [2.05, 4.69) is 5.32 Å². The average molecular weight is 244 g/mol. The summed E-state index contributed by atoms with van der Waals surface area (Å²) in [7, 11) is 1.86. The summed E-state index contributed by atoms with van der Waals surface area (Å²) in [6.07, 6.45) is 0.253. The Morgan fingerprint density at radius 3 is 2.88 bits per heavy atom. The molecule has 0 aromatic heterocycles. The third kappa shape index (κ3) is 3.67. The third-order valence-electron chi connectivity index (χ3n) is 2.33. The Balaban J connectivity index is 2.74. The highest BCUT2D eigenvalue weighted by molar-refractivity contribution is 6.31. The van der Waals surface area contributed by atoms with Crippen LogP contribution in [-0.4, -0.2) is 24.9 Å².